The Labute approximate surface area is 100 Å². The molecule has 68 valence electrons. The summed E-state index contributed by atoms with van der Waals surface area (Å²) in [6, 6.07) is 4.37. The molecule has 0 N–H and O–H groups in total. The van der Waals surface area contributed by atoms with Gasteiger partial charge in [0, 0.05) is 14.2 Å². The second kappa shape index (κ2) is 3.75. The van der Waals surface area contributed by atoms with Gasteiger partial charge >= 0.3 is 0 Å². The molecule has 0 aliphatic rings. The highest BCUT2D eigenvalue weighted by molar-refractivity contribution is 14.1. The maximum atomic E-state index is 5.90. The summed E-state index contributed by atoms with van der Waals surface area (Å²) in [5.74, 6) is 0.609. The van der Waals surface area contributed by atoms with E-state index in [1.807, 2.05) is 0 Å². The fraction of sp³-hybridized carbons (Fsp3) is 0.200. The van der Waals surface area contributed by atoms with Gasteiger partial charge in [-0.05, 0) is 63.5 Å². The summed E-state index contributed by atoms with van der Waals surface area (Å²) in [5, 5.41) is 3.46. The molecule has 3 heteroatoms. The molecule has 0 amide bonds. The van der Waals surface area contributed by atoms with Gasteiger partial charge in [0.1, 0.15) is 0 Å². The van der Waals surface area contributed by atoms with Gasteiger partial charge in [0.25, 0.3) is 0 Å². The molecule has 0 nitrogen and oxygen atoms in total. The number of benzene rings is 1. The Morgan fingerprint density at radius 2 is 2.31 bits per heavy atom. The third-order valence-electron chi connectivity index (χ3n) is 2.19. The molecule has 0 fully saturated rings. The molecule has 0 spiro atoms. The normalized spacial score (nSPS) is 11.0. The Kier molecular flexibility index (Phi) is 2.81. The van der Waals surface area contributed by atoms with E-state index in [0.29, 0.717) is 5.88 Å². The van der Waals surface area contributed by atoms with Crippen molar-refractivity contribution in [2.45, 2.75) is 12.8 Å². The smallest absolute Gasteiger partial charge is 0.0487 e. The molecule has 0 aliphatic carbocycles. The van der Waals surface area contributed by atoms with E-state index in [4.69, 9.17) is 11.6 Å². The Morgan fingerprint density at radius 3 is 3.00 bits per heavy atom. The maximum absolute atomic E-state index is 5.90. The van der Waals surface area contributed by atoms with Crippen LogP contribution in [-0.2, 0) is 5.88 Å². The van der Waals surface area contributed by atoms with Gasteiger partial charge in [-0.2, -0.15) is 0 Å². The van der Waals surface area contributed by atoms with Crippen LogP contribution in [0.15, 0.2) is 17.5 Å². The fourth-order valence-corrected chi connectivity index (χ4v) is 3.86. The molecule has 0 atom stereocenters. The van der Waals surface area contributed by atoms with E-state index in [-0.39, 0.29) is 0 Å². The lowest BCUT2D eigenvalue weighted by Crippen LogP contribution is -1.89. The maximum Gasteiger partial charge on any atom is 0.0487 e. The highest BCUT2D eigenvalue weighted by atomic mass is 127. The van der Waals surface area contributed by atoms with Gasteiger partial charge in [-0.3, -0.25) is 0 Å². The number of hydrogen-bond donors (Lipinski definition) is 0. The van der Waals surface area contributed by atoms with Crippen molar-refractivity contribution < 1.29 is 0 Å². The Morgan fingerprint density at radius 1 is 1.54 bits per heavy atom. The van der Waals surface area contributed by atoms with Crippen molar-refractivity contribution in [1.82, 2.24) is 0 Å². The average molecular weight is 323 g/mol. The first-order chi connectivity index (χ1) is 6.24. The molecule has 13 heavy (non-hydrogen) atoms. The van der Waals surface area contributed by atoms with E-state index < -0.39 is 0 Å². The summed E-state index contributed by atoms with van der Waals surface area (Å²) in [6.45, 7) is 2.15. The van der Waals surface area contributed by atoms with Crippen LogP contribution in [0.3, 0.4) is 0 Å². The molecular weight excluding hydrogens is 315 g/mol. The lowest BCUT2D eigenvalue weighted by molar-refractivity contribution is 1.31. The van der Waals surface area contributed by atoms with Crippen LogP contribution in [0.4, 0.5) is 0 Å². The minimum Gasteiger partial charge on any atom is -0.144 e. The van der Waals surface area contributed by atoms with Crippen molar-refractivity contribution in [3.8, 4) is 0 Å². The van der Waals surface area contributed by atoms with Gasteiger partial charge in [0.15, 0.2) is 0 Å². The largest absolute Gasteiger partial charge is 0.144 e. The summed E-state index contributed by atoms with van der Waals surface area (Å²) in [7, 11) is 0. The van der Waals surface area contributed by atoms with Gasteiger partial charge in [-0.25, -0.2) is 0 Å². The van der Waals surface area contributed by atoms with Crippen LogP contribution in [-0.4, -0.2) is 0 Å². The monoisotopic (exact) mass is 322 g/mol. The van der Waals surface area contributed by atoms with Crippen LogP contribution < -0.4 is 0 Å². The molecule has 0 bridgehead atoms. The molecule has 2 rings (SSSR count). The minimum atomic E-state index is 0.609. The topological polar surface area (TPSA) is 0 Å². The Bertz CT molecular complexity index is 447. The quantitative estimate of drug-likeness (QED) is 0.533. The third-order valence-corrected chi connectivity index (χ3v) is 4.47. The Balaban J connectivity index is 2.85. The first-order valence-corrected chi connectivity index (χ1v) is 6.44. The predicted octanol–water partition coefficient (Wildman–Crippen LogP) is 4.55. The van der Waals surface area contributed by atoms with Gasteiger partial charge in [0.2, 0.25) is 0 Å². The minimum absolute atomic E-state index is 0.609. The van der Waals surface area contributed by atoms with E-state index >= 15 is 0 Å². The zero-order chi connectivity index (χ0) is 9.42. The molecule has 0 aliphatic heterocycles. The van der Waals surface area contributed by atoms with Crippen molar-refractivity contribution in [3.05, 3.63) is 32.2 Å². The second-order valence-electron chi connectivity index (χ2n) is 2.93. The molecular formula is C10H8ClIS. The summed E-state index contributed by atoms with van der Waals surface area (Å²) in [5.41, 5.74) is 2.61. The lowest BCUT2D eigenvalue weighted by atomic mass is 10.1. The van der Waals surface area contributed by atoms with Crippen LogP contribution in [0.2, 0.25) is 0 Å². The Hall–Kier alpha value is 0.200. The van der Waals surface area contributed by atoms with Crippen molar-refractivity contribution in [2.24, 2.45) is 0 Å². The number of fused-ring (bicyclic) bond motifs is 1. The average Bonchev–Trinajstić information content (AvgIpc) is 2.53. The van der Waals surface area contributed by atoms with Gasteiger partial charge in [0.05, 0.1) is 0 Å². The van der Waals surface area contributed by atoms with Crippen LogP contribution in [0.5, 0.6) is 0 Å². The van der Waals surface area contributed by atoms with Gasteiger partial charge in [-0.15, -0.1) is 22.9 Å². The number of halogens is 2. The van der Waals surface area contributed by atoms with E-state index in [9.17, 15) is 0 Å². The van der Waals surface area contributed by atoms with Gasteiger partial charge < -0.3 is 0 Å². The van der Waals surface area contributed by atoms with Crippen molar-refractivity contribution in [3.63, 3.8) is 0 Å². The summed E-state index contributed by atoms with van der Waals surface area (Å²) < 4.78 is 2.65. The molecule has 0 saturated heterocycles. The third kappa shape index (κ3) is 1.60. The molecule has 0 radical (unpaired) electrons. The van der Waals surface area contributed by atoms with Crippen LogP contribution in [0, 0.1) is 10.5 Å². The van der Waals surface area contributed by atoms with Crippen molar-refractivity contribution in [1.29, 1.82) is 0 Å². The number of aryl methyl sites for hydroxylation is 1. The first kappa shape index (κ1) is 9.74. The number of alkyl halides is 1. The number of thiophene rings is 1. The van der Waals surface area contributed by atoms with Crippen molar-refractivity contribution in [2.75, 3.05) is 0 Å². The SMILES string of the molecule is Cc1c(CCl)c(I)cc2ccsc12. The zero-order valence-corrected chi connectivity index (χ0v) is 10.8. The fourth-order valence-electron chi connectivity index (χ4n) is 1.44. The number of hydrogen-bond acceptors (Lipinski definition) is 1. The predicted molar refractivity (Wildman–Crippen MR) is 68.8 cm³/mol. The van der Waals surface area contributed by atoms with Crippen LogP contribution in [0.1, 0.15) is 11.1 Å². The highest BCUT2D eigenvalue weighted by Gasteiger charge is 2.07. The number of rotatable bonds is 1. The van der Waals surface area contributed by atoms with E-state index in [0.717, 1.165) is 0 Å². The summed E-state index contributed by atoms with van der Waals surface area (Å²) >= 11 is 10.0. The zero-order valence-electron chi connectivity index (χ0n) is 7.10. The van der Waals surface area contributed by atoms with Crippen molar-refractivity contribution >= 4 is 55.6 Å². The van der Waals surface area contributed by atoms with E-state index in [2.05, 4.69) is 47.0 Å². The summed E-state index contributed by atoms with van der Waals surface area (Å²) in [6.07, 6.45) is 0. The molecule has 2 aromatic rings. The van der Waals surface area contributed by atoms with E-state index in [1.165, 1.54) is 24.8 Å². The van der Waals surface area contributed by atoms with E-state index in [1.54, 1.807) is 11.3 Å². The second-order valence-corrected chi connectivity index (χ2v) is 5.28. The van der Waals surface area contributed by atoms with Gasteiger partial charge in [-0.1, -0.05) is 0 Å². The molecule has 1 aromatic heterocycles. The highest BCUT2D eigenvalue weighted by Crippen LogP contribution is 2.31. The first-order valence-electron chi connectivity index (χ1n) is 3.95. The molecule has 0 saturated carbocycles. The lowest BCUT2D eigenvalue weighted by Gasteiger charge is -2.06. The van der Waals surface area contributed by atoms with Crippen LogP contribution >= 0.6 is 45.5 Å². The molecule has 0 unspecified atom stereocenters. The molecule has 1 aromatic carbocycles. The molecule has 1 heterocycles. The van der Waals surface area contributed by atoms with Crippen LogP contribution in [0.25, 0.3) is 10.1 Å². The summed E-state index contributed by atoms with van der Waals surface area (Å²) in [4.78, 5) is 0. The standard InChI is InChI=1S/C10H8ClIS/c1-6-8(5-11)9(12)4-7-2-3-13-10(6)7/h2-4H,5H2,1H3.